The molecule has 0 nitrogen and oxygen atoms in total. The minimum absolute atomic E-state index is 0. The van der Waals surface area contributed by atoms with Crippen LogP contribution in [-0.2, 0) is 0 Å². The van der Waals surface area contributed by atoms with Gasteiger partial charge in [0.05, 0.1) is 0 Å². The van der Waals surface area contributed by atoms with Gasteiger partial charge in [-0.2, -0.15) is 0 Å². The number of benzene rings is 1. The summed E-state index contributed by atoms with van der Waals surface area (Å²) in [5.74, 6) is 5.84. The molecule has 0 aliphatic carbocycles. The molecule has 0 spiro atoms. The van der Waals surface area contributed by atoms with Gasteiger partial charge in [-0.05, 0) is 26.0 Å². The Morgan fingerprint density at radius 1 is 0.867 bits per heavy atom. The highest BCUT2D eigenvalue weighted by Gasteiger charge is 1.83. The fourth-order valence-electron chi connectivity index (χ4n) is 0.781. The van der Waals surface area contributed by atoms with Gasteiger partial charge in [0.15, 0.2) is 0 Å². The fraction of sp³-hybridized carbons (Fsp3) is 0.467. The van der Waals surface area contributed by atoms with Gasteiger partial charge in [0, 0.05) is 5.56 Å². The van der Waals surface area contributed by atoms with Crippen molar-refractivity contribution in [3.8, 4) is 11.8 Å². The molecule has 1 aromatic carbocycles. The van der Waals surface area contributed by atoms with Crippen molar-refractivity contribution in [1.29, 1.82) is 0 Å². The molecule has 0 aromatic heterocycles. The molecule has 0 saturated carbocycles. The SMILES string of the molecule is C.CC.CC.CC#Cc1ccc(C)cc1. The first kappa shape index (κ1) is 19.4. The first-order chi connectivity index (χ1) is 6.83. The highest BCUT2D eigenvalue weighted by atomic mass is 13.9. The van der Waals surface area contributed by atoms with E-state index in [4.69, 9.17) is 0 Å². The van der Waals surface area contributed by atoms with E-state index in [1.54, 1.807) is 0 Å². The Hall–Kier alpha value is -1.22. The van der Waals surface area contributed by atoms with Crippen LogP contribution in [-0.4, -0.2) is 0 Å². The average Bonchev–Trinajstić information content (AvgIpc) is 2.28. The molecule has 0 atom stereocenters. The van der Waals surface area contributed by atoms with Crippen LogP contribution in [0, 0.1) is 18.8 Å². The molecule has 0 aliphatic rings. The fourth-order valence-corrected chi connectivity index (χ4v) is 0.781. The molecular weight excluding hydrogens is 180 g/mol. The van der Waals surface area contributed by atoms with E-state index in [1.165, 1.54) is 5.56 Å². The second-order valence-electron chi connectivity index (χ2n) is 2.24. The molecule has 0 saturated heterocycles. The highest BCUT2D eigenvalue weighted by Crippen LogP contribution is 2.00. The van der Waals surface area contributed by atoms with E-state index in [9.17, 15) is 0 Å². The normalized spacial score (nSPS) is 6.27. The summed E-state index contributed by atoms with van der Waals surface area (Å²) in [5, 5.41) is 0. The van der Waals surface area contributed by atoms with E-state index in [0.29, 0.717) is 0 Å². The third-order valence-corrected chi connectivity index (χ3v) is 1.32. The van der Waals surface area contributed by atoms with Crippen LogP contribution in [0.4, 0.5) is 0 Å². The summed E-state index contributed by atoms with van der Waals surface area (Å²) in [5.41, 5.74) is 2.37. The largest absolute Gasteiger partial charge is 0.101 e. The topological polar surface area (TPSA) is 0 Å². The second-order valence-corrected chi connectivity index (χ2v) is 2.24. The van der Waals surface area contributed by atoms with Crippen LogP contribution < -0.4 is 0 Å². The summed E-state index contributed by atoms with van der Waals surface area (Å²) in [7, 11) is 0. The predicted molar refractivity (Wildman–Crippen MR) is 73.2 cm³/mol. The Bertz CT molecular complexity index is 256. The van der Waals surface area contributed by atoms with Gasteiger partial charge in [0.2, 0.25) is 0 Å². The molecule has 0 fully saturated rings. The molecule has 0 heterocycles. The number of hydrogen-bond acceptors (Lipinski definition) is 0. The molecule has 0 amide bonds. The van der Waals surface area contributed by atoms with Gasteiger partial charge in [0.1, 0.15) is 0 Å². The van der Waals surface area contributed by atoms with Crippen LogP contribution in [0.1, 0.15) is 53.2 Å². The van der Waals surface area contributed by atoms with Crippen LogP contribution in [0.25, 0.3) is 0 Å². The quantitative estimate of drug-likeness (QED) is 0.521. The van der Waals surface area contributed by atoms with Gasteiger partial charge in [-0.3, -0.25) is 0 Å². The van der Waals surface area contributed by atoms with Crippen LogP contribution in [0.5, 0.6) is 0 Å². The molecular formula is C15H26. The molecule has 86 valence electrons. The van der Waals surface area contributed by atoms with Crippen molar-refractivity contribution in [2.45, 2.75) is 49.0 Å². The molecule has 0 radical (unpaired) electrons. The van der Waals surface area contributed by atoms with Gasteiger partial charge in [-0.25, -0.2) is 0 Å². The molecule has 0 unspecified atom stereocenters. The van der Waals surface area contributed by atoms with Gasteiger partial charge in [-0.1, -0.05) is 58.7 Å². The van der Waals surface area contributed by atoms with Gasteiger partial charge in [0.25, 0.3) is 0 Å². The first-order valence-electron chi connectivity index (χ1n) is 5.32. The lowest BCUT2D eigenvalue weighted by Crippen LogP contribution is -1.73. The zero-order valence-corrected chi connectivity index (χ0v) is 10.3. The summed E-state index contributed by atoms with van der Waals surface area (Å²) < 4.78 is 0. The first-order valence-corrected chi connectivity index (χ1v) is 5.32. The van der Waals surface area contributed by atoms with Gasteiger partial charge in [-0.15, -0.1) is 5.92 Å². The maximum Gasteiger partial charge on any atom is 0.0245 e. The standard InChI is InChI=1S/C10H10.2C2H6.CH4/c1-3-4-10-7-5-9(2)6-8-10;2*1-2;/h5-8H,1-2H3;2*1-2H3;1H4. The monoisotopic (exact) mass is 206 g/mol. The van der Waals surface area contributed by atoms with E-state index >= 15 is 0 Å². The van der Waals surface area contributed by atoms with Crippen molar-refractivity contribution in [2.75, 3.05) is 0 Å². The van der Waals surface area contributed by atoms with E-state index in [1.807, 2.05) is 46.8 Å². The third kappa shape index (κ3) is 10.7. The van der Waals surface area contributed by atoms with Crippen molar-refractivity contribution in [3.63, 3.8) is 0 Å². The van der Waals surface area contributed by atoms with Crippen LogP contribution in [0.2, 0.25) is 0 Å². The van der Waals surface area contributed by atoms with E-state index in [0.717, 1.165) is 5.56 Å². The smallest absolute Gasteiger partial charge is 0.0245 e. The second kappa shape index (κ2) is 15.3. The van der Waals surface area contributed by atoms with Crippen molar-refractivity contribution in [2.24, 2.45) is 0 Å². The van der Waals surface area contributed by atoms with Gasteiger partial charge >= 0.3 is 0 Å². The van der Waals surface area contributed by atoms with E-state index < -0.39 is 0 Å². The summed E-state index contributed by atoms with van der Waals surface area (Å²) in [6, 6.07) is 8.21. The Balaban J connectivity index is -0.000000258. The summed E-state index contributed by atoms with van der Waals surface area (Å²) in [4.78, 5) is 0. The zero-order valence-electron chi connectivity index (χ0n) is 10.3. The number of aryl methyl sites for hydroxylation is 1. The molecule has 0 N–H and O–H groups in total. The lowest BCUT2D eigenvalue weighted by Gasteiger charge is -1.90. The minimum atomic E-state index is 0. The third-order valence-electron chi connectivity index (χ3n) is 1.32. The van der Waals surface area contributed by atoms with Crippen molar-refractivity contribution in [1.82, 2.24) is 0 Å². The van der Waals surface area contributed by atoms with Crippen molar-refractivity contribution in [3.05, 3.63) is 35.4 Å². The zero-order chi connectivity index (χ0) is 11.4. The number of rotatable bonds is 0. The summed E-state index contributed by atoms with van der Waals surface area (Å²) in [6.45, 7) is 11.9. The van der Waals surface area contributed by atoms with Crippen LogP contribution in [0.3, 0.4) is 0 Å². The maximum absolute atomic E-state index is 2.98. The van der Waals surface area contributed by atoms with E-state index in [-0.39, 0.29) is 7.43 Å². The highest BCUT2D eigenvalue weighted by molar-refractivity contribution is 5.35. The Labute approximate surface area is 96.7 Å². The van der Waals surface area contributed by atoms with E-state index in [2.05, 4.69) is 30.9 Å². The summed E-state index contributed by atoms with van der Waals surface area (Å²) >= 11 is 0. The average molecular weight is 206 g/mol. The Morgan fingerprint density at radius 2 is 1.27 bits per heavy atom. The minimum Gasteiger partial charge on any atom is -0.101 e. The van der Waals surface area contributed by atoms with Crippen molar-refractivity contribution >= 4 is 0 Å². The summed E-state index contributed by atoms with van der Waals surface area (Å²) in [6.07, 6.45) is 0. The molecule has 0 bridgehead atoms. The maximum atomic E-state index is 2.98. The van der Waals surface area contributed by atoms with Gasteiger partial charge < -0.3 is 0 Å². The molecule has 15 heavy (non-hydrogen) atoms. The molecule has 0 aliphatic heterocycles. The molecule has 1 aromatic rings. The lowest BCUT2D eigenvalue weighted by atomic mass is 10.2. The van der Waals surface area contributed by atoms with Crippen molar-refractivity contribution < 1.29 is 0 Å². The Kier molecular flexibility index (Phi) is 19.7. The Morgan fingerprint density at radius 3 is 1.60 bits per heavy atom. The lowest BCUT2D eigenvalue weighted by molar-refractivity contribution is 1.46. The van der Waals surface area contributed by atoms with Crippen LogP contribution in [0.15, 0.2) is 24.3 Å². The van der Waals surface area contributed by atoms with Crippen LogP contribution >= 0.6 is 0 Å². The predicted octanol–water partition coefficient (Wildman–Crippen LogP) is 5.05. The molecule has 1 rings (SSSR count). The molecule has 0 heteroatoms. The number of hydrogen-bond donors (Lipinski definition) is 0.